The number of sulfonamides is 1. The standard InChI is InChI=1S/C27H33ClN4O5SSi/c1-36-23-8-5-7-21(19-33)25(23)32-26(24-9-6-16-37-24)29-30-27(32)31(15-18-39(2,3)4)38(34,35)17-14-20-10-12-22(28)13-11-20/h5-13,16,33H,14-15,17-19H2,1-4H3. The van der Waals surface area contributed by atoms with Crippen molar-refractivity contribution in [2.24, 2.45) is 0 Å². The van der Waals surface area contributed by atoms with E-state index >= 15 is 0 Å². The number of aryl methyl sites for hydroxylation is 1. The second-order valence-corrected chi connectivity index (χ2v) is 18.4. The molecule has 0 aliphatic carbocycles. The minimum atomic E-state index is -3.87. The number of aliphatic hydroxyl groups excluding tert-OH is 1. The number of aromatic nitrogens is 3. The number of methoxy groups -OCH3 is 1. The predicted octanol–water partition coefficient (Wildman–Crippen LogP) is 5.40. The molecule has 0 aliphatic heterocycles. The molecule has 39 heavy (non-hydrogen) atoms. The van der Waals surface area contributed by atoms with Crippen LogP contribution in [0.15, 0.2) is 65.3 Å². The fourth-order valence-corrected chi connectivity index (χ4v) is 6.76. The first kappa shape index (κ1) is 28.9. The van der Waals surface area contributed by atoms with Crippen LogP contribution < -0.4 is 9.04 Å². The highest BCUT2D eigenvalue weighted by atomic mass is 35.5. The Balaban J connectivity index is 1.88. The molecule has 0 atom stereocenters. The maximum absolute atomic E-state index is 14.0. The zero-order valence-electron chi connectivity index (χ0n) is 22.5. The first-order chi connectivity index (χ1) is 18.5. The van der Waals surface area contributed by atoms with Crippen LogP contribution in [0.2, 0.25) is 30.7 Å². The van der Waals surface area contributed by atoms with Crippen LogP contribution in [0.3, 0.4) is 0 Å². The van der Waals surface area contributed by atoms with Crippen LogP contribution in [-0.2, 0) is 23.1 Å². The Hall–Kier alpha value is -3.12. The second kappa shape index (κ2) is 11.9. The number of furan rings is 1. The number of benzene rings is 2. The zero-order valence-corrected chi connectivity index (χ0v) is 25.0. The lowest BCUT2D eigenvalue weighted by Crippen LogP contribution is -2.39. The van der Waals surface area contributed by atoms with Crippen molar-refractivity contribution in [1.82, 2.24) is 14.8 Å². The van der Waals surface area contributed by atoms with Gasteiger partial charge in [-0.05, 0) is 48.4 Å². The van der Waals surface area contributed by atoms with Gasteiger partial charge in [0.05, 0.1) is 31.4 Å². The molecule has 2 heterocycles. The summed E-state index contributed by atoms with van der Waals surface area (Å²) < 4.78 is 42.2. The van der Waals surface area contributed by atoms with Gasteiger partial charge in [0.15, 0.2) is 5.76 Å². The van der Waals surface area contributed by atoms with Gasteiger partial charge in [0, 0.05) is 25.2 Å². The van der Waals surface area contributed by atoms with Crippen molar-refractivity contribution in [2.75, 3.05) is 23.7 Å². The minimum Gasteiger partial charge on any atom is -0.495 e. The van der Waals surface area contributed by atoms with Gasteiger partial charge in [-0.1, -0.05) is 55.5 Å². The second-order valence-electron chi connectivity index (χ2n) is 10.3. The minimum absolute atomic E-state index is 0.106. The van der Waals surface area contributed by atoms with Gasteiger partial charge in [-0.2, -0.15) is 0 Å². The SMILES string of the molecule is COc1cccc(CO)c1-n1c(-c2ccco2)nnc1N(CC[Si](C)(C)C)S(=O)(=O)CCc1ccc(Cl)cc1. The molecule has 208 valence electrons. The summed E-state index contributed by atoms with van der Waals surface area (Å²) in [5, 5.41) is 19.6. The molecule has 0 bridgehead atoms. The van der Waals surface area contributed by atoms with E-state index in [9.17, 15) is 13.5 Å². The van der Waals surface area contributed by atoms with Crippen LogP contribution in [0.4, 0.5) is 5.95 Å². The molecule has 0 amide bonds. The van der Waals surface area contributed by atoms with Gasteiger partial charge >= 0.3 is 0 Å². The number of para-hydroxylation sites is 1. The Morgan fingerprint density at radius 3 is 2.44 bits per heavy atom. The van der Waals surface area contributed by atoms with E-state index in [1.807, 2.05) is 12.1 Å². The molecule has 0 saturated heterocycles. The first-order valence-electron chi connectivity index (χ1n) is 12.6. The summed E-state index contributed by atoms with van der Waals surface area (Å²) in [4.78, 5) is 0. The topological polar surface area (TPSA) is 111 Å². The Morgan fingerprint density at radius 1 is 1.08 bits per heavy atom. The van der Waals surface area contributed by atoms with E-state index in [1.165, 1.54) is 17.7 Å². The summed E-state index contributed by atoms with van der Waals surface area (Å²) in [6.45, 7) is 6.50. The van der Waals surface area contributed by atoms with Gasteiger partial charge < -0.3 is 14.3 Å². The fourth-order valence-electron chi connectivity index (χ4n) is 4.13. The third-order valence-electron chi connectivity index (χ3n) is 6.27. The number of halogens is 1. The van der Waals surface area contributed by atoms with Crippen LogP contribution in [0.5, 0.6) is 5.75 Å². The summed E-state index contributed by atoms with van der Waals surface area (Å²) >= 11 is 6.01. The third kappa shape index (κ3) is 6.72. The molecule has 4 rings (SSSR count). The van der Waals surface area contributed by atoms with E-state index in [0.29, 0.717) is 46.1 Å². The highest BCUT2D eigenvalue weighted by Gasteiger charge is 2.33. The Bertz CT molecular complexity index is 1480. The third-order valence-corrected chi connectivity index (χ3v) is 9.98. The summed E-state index contributed by atoms with van der Waals surface area (Å²) in [6, 6.07) is 16.5. The first-order valence-corrected chi connectivity index (χ1v) is 18.2. The smallest absolute Gasteiger partial charge is 0.246 e. The molecule has 0 radical (unpaired) electrons. The molecule has 0 saturated carbocycles. The van der Waals surface area contributed by atoms with Crippen molar-refractivity contribution in [1.29, 1.82) is 0 Å². The maximum Gasteiger partial charge on any atom is 0.246 e. The van der Waals surface area contributed by atoms with Crippen LogP contribution in [0, 0.1) is 0 Å². The van der Waals surface area contributed by atoms with Crippen LogP contribution in [0.1, 0.15) is 11.1 Å². The number of rotatable bonds is 12. The number of hydrogen-bond acceptors (Lipinski definition) is 7. The normalized spacial score (nSPS) is 12.1. The highest BCUT2D eigenvalue weighted by molar-refractivity contribution is 7.92. The molecule has 0 aliphatic rings. The number of hydrogen-bond donors (Lipinski definition) is 1. The van der Waals surface area contributed by atoms with Gasteiger partial charge in [-0.25, -0.2) is 12.7 Å². The van der Waals surface area contributed by atoms with Crippen molar-refractivity contribution in [3.05, 3.63) is 77.0 Å². The Morgan fingerprint density at radius 2 is 1.82 bits per heavy atom. The molecule has 12 heteroatoms. The van der Waals surface area contributed by atoms with E-state index in [4.69, 9.17) is 20.8 Å². The van der Waals surface area contributed by atoms with E-state index in [-0.39, 0.29) is 24.9 Å². The molecule has 4 aromatic rings. The van der Waals surface area contributed by atoms with Crippen molar-refractivity contribution < 1.29 is 22.7 Å². The van der Waals surface area contributed by atoms with Crippen molar-refractivity contribution in [3.8, 4) is 23.0 Å². The van der Waals surface area contributed by atoms with E-state index < -0.39 is 18.1 Å². The monoisotopic (exact) mass is 588 g/mol. The van der Waals surface area contributed by atoms with E-state index in [1.54, 1.807) is 47.0 Å². The van der Waals surface area contributed by atoms with Crippen LogP contribution >= 0.6 is 11.6 Å². The van der Waals surface area contributed by atoms with Crippen LogP contribution in [0.25, 0.3) is 17.3 Å². The van der Waals surface area contributed by atoms with Crippen LogP contribution in [-0.4, -0.2) is 55.8 Å². The fraction of sp³-hybridized carbons (Fsp3) is 0.333. The van der Waals surface area contributed by atoms with E-state index in [0.717, 1.165) is 5.56 Å². The Labute approximate surface area is 235 Å². The average molecular weight is 589 g/mol. The Kier molecular flexibility index (Phi) is 8.85. The molecule has 2 aromatic heterocycles. The van der Waals surface area contributed by atoms with Gasteiger partial charge in [0.2, 0.25) is 21.8 Å². The maximum atomic E-state index is 14.0. The lowest BCUT2D eigenvalue weighted by Gasteiger charge is -2.27. The number of nitrogens with zero attached hydrogens (tertiary/aromatic N) is 4. The quantitative estimate of drug-likeness (QED) is 0.221. The van der Waals surface area contributed by atoms with Gasteiger partial charge in [0.1, 0.15) is 5.75 Å². The summed E-state index contributed by atoms with van der Waals surface area (Å²) in [6.07, 6.45) is 1.81. The molecule has 0 fully saturated rings. The number of aliphatic hydroxyl groups is 1. The molecule has 9 nitrogen and oxygen atoms in total. The van der Waals surface area contributed by atoms with Gasteiger partial charge in [-0.15, -0.1) is 10.2 Å². The highest BCUT2D eigenvalue weighted by Crippen LogP contribution is 2.36. The van der Waals surface area contributed by atoms with E-state index in [2.05, 4.69) is 29.8 Å². The predicted molar refractivity (Wildman–Crippen MR) is 156 cm³/mol. The molecule has 2 aromatic carbocycles. The molecule has 1 N–H and O–H groups in total. The van der Waals surface area contributed by atoms with Gasteiger partial charge in [-0.3, -0.25) is 4.57 Å². The summed E-state index contributed by atoms with van der Waals surface area (Å²) in [7, 11) is -4.01. The van der Waals surface area contributed by atoms with Gasteiger partial charge in [0.25, 0.3) is 0 Å². The summed E-state index contributed by atoms with van der Waals surface area (Å²) in [5.74, 6) is 1.09. The average Bonchev–Trinajstić information content (AvgIpc) is 3.57. The van der Waals surface area contributed by atoms with Crippen molar-refractivity contribution in [3.63, 3.8) is 0 Å². The number of anilines is 1. The zero-order chi connectivity index (χ0) is 28.2. The number of ether oxygens (including phenoxy) is 1. The summed E-state index contributed by atoms with van der Waals surface area (Å²) in [5.41, 5.74) is 1.82. The lowest BCUT2D eigenvalue weighted by atomic mass is 10.1. The van der Waals surface area contributed by atoms with Crippen molar-refractivity contribution >= 4 is 35.6 Å². The largest absolute Gasteiger partial charge is 0.495 e. The van der Waals surface area contributed by atoms with Crippen molar-refractivity contribution in [2.45, 2.75) is 38.7 Å². The molecular formula is C27H33ClN4O5SSi. The lowest BCUT2D eigenvalue weighted by molar-refractivity contribution is 0.280. The molecule has 0 spiro atoms. The molecule has 0 unspecified atom stereocenters. The molecular weight excluding hydrogens is 556 g/mol.